The average molecular weight is 226 g/mol. The molecule has 2 aromatic rings. The molecular formula is C9H8ClN3O2. The largest absolute Gasteiger partial charge is 0.461 e. The molecule has 0 bridgehead atoms. The number of rotatable bonds is 2. The van der Waals surface area contributed by atoms with Gasteiger partial charge < -0.3 is 4.74 Å². The summed E-state index contributed by atoms with van der Waals surface area (Å²) in [5.41, 5.74) is 1.27. The molecule has 2 rings (SSSR count). The van der Waals surface area contributed by atoms with Crippen LogP contribution < -0.4 is 0 Å². The number of esters is 1. The van der Waals surface area contributed by atoms with Crippen LogP contribution in [0, 0.1) is 0 Å². The number of aromatic nitrogens is 3. The van der Waals surface area contributed by atoms with Crippen LogP contribution in [0.4, 0.5) is 0 Å². The number of hydrogen-bond donors (Lipinski definition) is 1. The zero-order chi connectivity index (χ0) is 10.8. The lowest BCUT2D eigenvalue weighted by Gasteiger charge is -1.97. The first-order valence-corrected chi connectivity index (χ1v) is 4.77. The van der Waals surface area contributed by atoms with Crippen molar-refractivity contribution in [3.05, 3.63) is 23.0 Å². The number of aromatic amines is 1. The molecule has 78 valence electrons. The zero-order valence-corrected chi connectivity index (χ0v) is 8.71. The lowest BCUT2D eigenvalue weighted by Crippen LogP contribution is -2.05. The Kier molecular flexibility index (Phi) is 2.55. The van der Waals surface area contributed by atoms with Crippen LogP contribution in [-0.2, 0) is 4.74 Å². The van der Waals surface area contributed by atoms with Crippen LogP contribution in [0.3, 0.4) is 0 Å². The van der Waals surface area contributed by atoms with E-state index in [-0.39, 0.29) is 5.69 Å². The van der Waals surface area contributed by atoms with Gasteiger partial charge in [0.25, 0.3) is 0 Å². The lowest BCUT2D eigenvalue weighted by atomic mass is 10.3. The van der Waals surface area contributed by atoms with E-state index in [0.29, 0.717) is 22.7 Å². The van der Waals surface area contributed by atoms with Crippen molar-refractivity contribution in [3.63, 3.8) is 0 Å². The normalized spacial score (nSPS) is 10.5. The standard InChI is InChI=1S/C9H8ClN3O2/c1-2-15-9(14)8-7-6(12-13-8)3-5(10)4-11-7/h3-4H,2H2,1H3,(H,12,13). The van der Waals surface area contributed by atoms with Crippen molar-refractivity contribution in [2.75, 3.05) is 6.61 Å². The Hall–Kier alpha value is -1.62. The third-order valence-corrected chi connectivity index (χ3v) is 2.04. The van der Waals surface area contributed by atoms with Gasteiger partial charge in [-0.15, -0.1) is 0 Å². The first-order chi connectivity index (χ1) is 7.22. The molecule has 0 saturated carbocycles. The summed E-state index contributed by atoms with van der Waals surface area (Å²) in [6, 6.07) is 1.65. The first-order valence-electron chi connectivity index (χ1n) is 4.39. The van der Waals surface area contributed by atoms with Gasteiger partial charge in [-0.1, -0.05) is 11.6 Å². The zero-order valence-electron chi connectivity index (χ0n) is 7.95. The number of carbonyl (C=O) groups excluding carboxylic acids is 1. The Morgan fingerprint density at radius 1 is 1.67 bits per heavy atom. The fourth-order valence-corrected chi connectivity index (χ4v) is 1.38. The molecule has 0 aliphatic heterocycles. The van der Waals surface area contributed by atoms with Gasteiger partial charge in [-0.05, 0) is 13.0 Å². The third-order valence-electron chi connectivity index (χ3n) is 1.84. The number of H-pyrrole nitrogens is 1. The summed E-state index contributed by atoms with van der Waals surface area (Å²) >= 11 is 5.74. The van der Waals surface area contributed by atoms with Gasteiger partial charge in [0.05, 0.1) is 17.1 Å². The fourth-order valence-electron chi connectivity index (χ4n) is 1.22. The molecule has 0 aliphatic carbocycles. The van der Waals surface area contributed by atoms with Crippen molar-refractivity contribution >= 4 is 28.6 Å². The summed E-state index contributed by atoms with van der Waals surface area (Å²) < 4.78 is 4.83. The van der Waals surface area contributed by atoms with E-state index in [1.54, 1.807) is 13.0 Å². The van der Waals surface area contributed by atoms with E-state index in [9.17, 15) is 4.79 Å². The molecule has 0 fully saturated rings. The molecule has 0 spiro atoms. The number of pyridine rings is 1. The van der Waals surface area contributed by atoms with Crippen LogP contribution in [-0.4, -0.2) is 27.8 Å². The van der Waals surface area contributed by atoms with E-state index >= 15 is 0 Å². The summed E-state index contributed by atoms with van der Waals surface area (Å²) in [5.74, 6) is -0.487. The molecule has 0 aliphatic rings. The van der Waals surface area contributed by atoms with Crippen LogP contribution >= 0.6 is 11.6 Å². The van der Waals surface area contributed by atoms with Crippen LogP contribution in [0.2, 0.25) is 5.02 Å². The molecule has 2 heterocycles. The Labute approximate surface area is 90.4 Å². The summed E-state index contributed by atoms with van der Waals surface area (Å²) in [6.45, 7) is 2.04. The van der Waals surface area contributed by atoms with E-state index in [2.05, 4.69) is 15.2 Å². The SMILES string of the molecule is CCOC(=O)c1n[nH]c2cc(Cl)cnc12. The van der Waals surface area contributed by atoms with Gasteiger partial charge in [-0.3, -0.25) is 10.1 Å². The Balaban J connectivity index is 2.49. The highest BCUT2D eigenvalue weighted by molar-refractivity contribution is 6.31. The quantitative estimate of drug-likeness (QED) is 0.792. The van der Waals surface area contributed by atoms with Gasteiger partial charge in [0.2, 0.25) is 0 Å². The predicted molar refractivity (Wildman–Crippen MR) is 54.9 cm³/mol. The van der Waals surface area contributed by atoms with Crippen LogP contribution in [0.5, 0.6) is 0 Å². The van der Waals surface area contributed by atoms with Crippen molar-refractivity contribution in [3.8, 4) is 0 Å². The monoisotopic (exact) mass is 225 g/mol. The Morgan fingerprint density at radius 3 is 3.20 bits per heavy atom. The minimum absolute atomic E-state index is 0.184. The molecular weight excluding hydrogens is 218 g/mol. The highest BCUT2D eigenvalue weighted by atomic mass is 35.5. The van der Waals surface area contributed by atoms with Gasteiger partial charge in [-0.2, -0.15) is 5.10 Å². The van der Waals surface area contributed by atoms with Crippen LogP contribution in [0.1, 0.15) is 17.4 Å². The van der Waals surface area contributed by atoms with Gasteiger partial charge in [-0.25, -0.2) is 4.79 Å². The van der Waals surface area contributed by atoms with E-state index in [1.165, 1.54) is 6.20 Å². The van der Waals surface area contributed by atoms with Gasteiger partial charge >= 0.3 is 5.97 Å². The van der Waals surface area contributed by atoms with Gasteiger partial charge in [0.1, 0.15) is 5.52 Å². The number of hydrogen-bond acceptors (Lipinski definition) is 4. The van der Waals surface area contributed by atoms with Crippen molar-refractivity contribution in [1.82, 2.24) is 15.2 Å². The fraction of sp³-hybridized carbons (Fsp3) is 0.222. The van der Waals surface area contributed by atoms with E-state index in [4.69, 9.17) is 16.3 Å². The molecule has 2 aromatic heterocycles. The molecule has 0 saturated heterocycles. The average Bonchev–Trinajstić information content (AvgIpc) is 2.60. The number of nitrogens with one attached hydrogen (secondary N) is 1. The summed E-state index contributed by atoms with van der Waals surface area (Å²) in [6.07, 6.45) is 1.46. The topological polar surface area (TPSA) is 67.9 Å². The molecule has 6 heteroatoms. The number of fused-ring (bicyclic) bond motifs is 1. The smallest absolute Gasteiger partial charge is 0.361 e. The second-order valence-electron chi connectivity index (χ2n) is 2.84. The molecule has 1 N–H and O–H groups in total. The minimum atomic E-state index is -0.487. The number of halogens is 1. The first kappa shape index (κ1) is 9.92. The Bertz CT molecular complexity index is 509. The number of ether oxygens (including phenoxy) is 1. The molecule has 5 nitrogen and oxygen atoms in total. The van der Waals surface area contributed by atoms with Crippen LogP contribution in [0.15, 0.2) is 12.3 Å². The molecule has 0 radical (unpaired) electrons. The van der Waals surface area contributed by atoms with E-state index < -0.39 is 5.97 Å². The van der Waals surface area contributed by atoms with Crippen molar-refractivity contribution in [1.29, 1.82) is 0 Å². The molecule has 0 aromatic carbocycles. The molecule has 0 atom stereocenters. The van der Waals surface area contributed by atoms with Crippen LogP contribution in [0.25, 0.3) is 11.0 Å². The van der Waals surface area contributed by atoms with E-state index in [1.807, 2.05) is 0 Å². The van der Waals surface area contributed by atoms with Crippen molar-refractivity contribution in [2.45, 2.75) is 6.92 Å². The maximum absolute atomic E-state index is 11.4. The molecule has 0 unspecified atom stereocenters. The predicted octanol–water partition coefficient (Wildman–Crippen LogP) is 1.79. The third kappa shape index (κ3) is 1.78. The maximum atomic E-state index is 11.4. The minimum Gasteiger partial charge on any atom is -0.461 e. The van der Waals surface area contributed by atoms with Crippen molar-refractivity contribution in [2.24, 2.45) is 0 Å². The summed E-state index contributed by atoms with van der Waals surface area (Å²) in [4.78, 5) is 15.4. The highest BCUT2D eigenvalue weighted by Crippen LogP contribution is 2.17. The van der Waals surface area contributed by atoms with Crippen molar-refractivity contribution < 1.29 is 9.53 Å². The van der Waals surface area contributed by atoms with E-state index in [0.717, 1.165) is 0 Å². The van der Waals surface area contributed by atoms with Gasteiger partial charge in [0, 0.05) is 6.20 Å². The highest BCUT2D eigenvalue weighted by Gasteiger charge is 2.16. The molecule has 15 heavy (non-hydrogen) atoms. The lowest BCUT2D eigenvalue weighted by molar-refractivity contribution is 0.0521. The second kappa shape index (κ2) is 3.86. The second-order valence-corrected chi connectivity index (χ2v) is 3.28. The molecule has 0 amide bonds. The Morgan fingerprint density at radius 2 is 2.47 bits per heavy atom. The number of nitrogens with zero attached hydrogens (tertiary/aromatic N) is 2. The maximum Gasteiger partial charge on any atom is 0.361 e. The summed E-state index contributed by atoms with van der Waals surface area (Å²) in [7, 11) is 0. The summed E-state index contributed by atoms with van der Waals surface area (Å²) in [5, 5.41) is 6.99. The van der Waals surface area contributed by atoms with Gasteiger partial charge in [0.15, 0.2) is 5.69 Å². The number of carbonyl (C=O) groups is 1.